The van der Waals surface area contributed by atoms with Gasteiger partial charge in [-0.15, -0.1) is 0 Å². The minimum Gasteiger partial charge on any atom is -0.383 e. The molecule has 1 aliphatic carbocycles. The highest BCUT2D eigenvalue weighted by atomic mass is 16.1. The molecule has 5 rings (SSSR count). The summed E-state index contributed by atoms with van der Waals surface area (Å²) in [7, 11) is 2.21. The summed E-state index contributed by atoms with van der Waals surface area (Å²) in [6.07, 6.45) is 8.70. The number of piperazine rings is 1. The van der Waals surface area contributed by atoms with E-state index in [-0.39, 0.29) is 12.3 Å². The fraction of sp³-hybridized carbons (Fsp3) is 0.480. The minimum absolute atomic E-state index is 0.240. The number of aromatic nitrogens is 3. The van der Waals surface area contributed by atoms with Gasteiger partial charge in [-0.05, 0) is 43.9 Å². The van der Waals surface area contributed by atoms with Crippen molar-refractivity contribution < 1.29 is 4.79 Å². The van der Waals surface area contributed by atoms with Crippen LogP contribution >= 0.6 is 0 Å². The number of carbonyl (C=O) groups excluding carboxylic acids is 1. The first kappa shape index (κ1) is 21.9. The van der Waals surface area contributed by atoms with Crippen molar-refractivity contribution >= 4 is 22.8 Å². The normalized spacial score (nSPS) is 22.6. The summed E-state index contributed by atoms with van der Waals surface area (Å²) in [6, 6.07) is 9.04. The van der Waals surface area contributed by atoms with Crippen LogP contribution in [0.2, 0.25) is 0 Å². The summed E-state index contributed by atoms with van der Waals surface area (Å²) >= 11 is 0. The van der Waals surface area contributed by atoms with E-state index in [9.17, 15) is 4.79 Å². The summed E-state index contributed by atoms with van der Waals surface area (Å²) in [4.78, 5) is 25.2. The van der Waals surface area contributed by atoms with E-state index in [1.165, 1.54) is 39.0 Å². The third kappa shape index (κ3) is 4.45. The van der Waals surface area contributed by atoms with Crippen molar-refractivity contribution in [1.29, 1.82) is 0 Å². The predicted octanol–water partition coefficient (Wildman–Crippen LogP) is 2.44. The van der Waals surface area contributed by atoms with Crippen LogP contribution in [-0.4, -0.2) is 69.5 Å². The molecule has 1 aliphatic heterocycles. The van der Waals surface area contributed by atoms with Crippen LogP contribution in [0.25, 0.3) is 22.2 Å². The van der Waals surface area contributed by atoms with E-state index in [0.717, 1.165) is 40.6 Å². The molecule has 0 unspecified atom stereocenters. The second kappa shape index (κ2) is 9.11. The zero-order valence-corrected chi connectivity index (χ0v) is 19.3. The molecular weight excluding hydrogens is 414 g/mol. The maximum Gasteiger partial charge on any atom is 0.221 e. The fourth-order valence-corrected chi connectivity index (χ4v) is 5.50. The molecule has 3 heterocycles. The molecule has 174 valence electrons. The van der Waals surface area contributed by atoms with Crippen LogP contribution in [0.5, 0.6) is 0 Å². The molecular formula is C25H33N7O. The molecule has 0 bridgehead atoms. The monoisotopic (exact) mass is 447 g/mol. The van der Waals surface area contributed by atoms with Gasteiger partial charge in [0.1, 0.15) is 17.8 Å². The van der Waals surface area contributed by atoms with Gasteiger partial charge in [-0.2, -0.15) is 0 Å². The van der Waals surface area contributed by atoms with Crippen molar-refractivity contribution in [2.24, 2.45) is 5.73 Å². The topological polar surface area (TPSA) is 106 Å². The van der Waals surface area contributed by atoms with E-state index >= 15 is 0 Å². The first-order chi connectivity index (χ1) is 16.0. The zero-order chi connectivity index (χ0) is 22.9. The van der Waals surface area contributed by atoms with Crippen LogP contribution in [-0.2, 0) is 11.2 Å². The van der Waals surface area contributed by atoms with Gasteiger partial charge in [-0.1, -0.05) is 24.3 Å². The van der Waals surface area contributed by atoms with Gasteiger partial charge in [0.25, 0.3) is 0 Å². The second-order valence-corrected chi connectivity index (χ2v) is 9.55. The molecule has 8 nitrogen and oxygen atoms in total. The Morgan fingerprint density at radius 3 is 2.33 bits per heavy atom. The molecule has 2 aromatic heterocycles. The minimum atomic E-state index is -0.329. The van der Waals surface area contributed by atoms with Crippen LogP contribution in [0, 0.1) is 0 Å². The maximum atomic E-state index is 11.2. The quantitative estimate of drug-likeness (QED) is 0.622. The van der Waals surface area contributed by atoms with Gasteiger partial charge >= 0.3 is 0 Å². The lowest BCUT2D eigenvalue weighted by molar-refractivity contribution is -0.117. The molecule has 33 heavy (non-hydrogen) atoms. The van der Waals surface area contributed by atoms with Crippen LogP contribution in [0.1, 0.15) is 37.3 Å². The number of nitrogen functional groups attached to an aromatic ring is 1. The number of carbonyl (C=O) groups is 1. The van der Waals surface area contributed by atoms with Gasteiger partial charge in [-0.25, -0.2) is 9.97 Å². The molecule has 2 aliphatic rings. The average Bonchev–Trinajstić information content (AvgIpc) is 3.21. The number of benzene rings is 1. The summed E-state index contributed by atoms with van der Waals surface area (Å²) in [6.45, 7) is 4.69. The second-order valence-electron chi connectivity index (χ2n) is 9.55. The molecule has 1 saturated heterocycles. The smallest absolute Gasteiger partial charge is 0.221 e. The lowest BCUT2D eigenvalue weighted by atomic mass is 9.89. The van der Waals surface area contributed by atoms with Crippen LogP contribution in [0.15, 0.2) is 36.8 Å². The third-order valence-corrected chi connectivity index (χ3v) is 7.40. The number of likely N-dealkylation sites (N-methyl/N-ethyl adjacent to an activating group) is 1. The van der Waals surface area contributed by atoms with Crippen molar-refractivity contribution in [3.8, 4) is 11.1 Å². The van der Waals surface area contributed by atoms with Gasteiger partial charge in [0.2, 0.25) is 5.91 Å². The van der Waals surface area contributed by atoms with Crippen LogP contribution < -0.4 is 11.5 Å². The van der Waals surface area contributed by atoms with Gasteiger partial charge in [0, 0.05) is 50.0 Å². The summed E-state index contributed by atoms with van der Waals surface area (Å²) < 4.78 is 2.32. The average molecular weight is 448 g/mol. The SMILES string of the molecule is CN1CCN(C2CCC(n3cc(-c4ccc(CC(N)=O)cc4)c4c(N)ncnc43)CC2)CC1. The predicted molar refractivity (Wildman–Crippen MR) is 131 cm³/mol. The number of fused-ring (bicyclic) bond motifs is 1. The largest absolute Gasteiger partial charge is 0.383 e. The number of primary amides is 1. The highest BCUT2D eigenvalue weighted by molar-refractivity contribution is 6.00. The maximum absolute atomic E-state index is 11.2. The van der Waals surface area contributed by atoms with E-state index in [0.29, 0.717) is 17.9 Å². The highest BCUT2D eigenvalue weighted by Gasteiger charge is 2.29. The Morgan fingerprint density at radius 2 is 1.67 bits per heavy atom. The number of hydrogen-bond donors (Lipinski definition) is 2. The lowest BCUT2D eigenvalue weighted by Gasteiger charge is -2.41. The van der Waals surface area contributed by atoms with Crippen molar-refractivity contribution in [3.05, 3.63) is 42.4 Å². The number of nitrogens with zero attached hydrogens (tertiary/aromatic N) is 5. The Morgan fingerprint density at radius 1 is 1.00 bits per heavy atom. The number of amides is 1. The highest BCUT2D eigenvalue weighted by Crippen LogP contribution is 2.39. The number of hydrogen-bond acceptors (Lipinski definition) is 6. The fourth-order valence-electron chi connectivity index (χ4n) is 5.50. The van der Waals surface area contributed by atoms with E-state index < -0.39 is 0 Å². The molecule has 1 aromatic carbocycles. The Labute approximate surface area is 194 Å². The Kier molecular flexibility index (Phi) is 6.03. The standard InChI is InChI=1S/C25H33N7O/c1-30-10-12-31(13-11-30)19-6-8-20(9-7-19)32-15-21(23-24(27)28-16-29-25(23)32)18-4-2-17(3-5-18)14-22(26)33/h2-5,15-16,19-20H,6-14H2,1H3,(H2,26,33)(H2,27,28,29). The number of anilines is 1. The zero-order valence-electron chi connectivity index (χ0n) is 19.3. The van der Waals surface area contributed by atoms with Crippen LogP contribution in [0.3, 0.4) is 0 Å². The van der Waals surface area contributed by atoms with Gasteiger partial charge < -0.3 is 20.9 Å². The Balaban J connectivity index is 1.40. The molecule has 0 spiro atoms. The number of nitrogens with two attached hydrogens (primary N) is 2. The Bertz CT molecular complexity index is 1120. The molecule has 1 saturated carbocycles. The van der Waals surface area contributed by atoms with Gasteiger partial charge in [0.15, 0.2) is 0 Å². The number of rotatable bonds is 5. The van der Waals surface area contributed by atoms with Crippen molar-refractivity contribution in [1.82, 2.24) is 24.3 Å². The van der Waals surface area contributed by atoms with E-state index in [4.69, 9.17) is 11.5 Å². The van der Waals surface area contributed by atoms with Crippen molar-refractivity contribution in [2.75, 3.05) is 39.0 Å². The molecule has 8 heteroatoms. The molecule has 0 atom stereocenters. The van der Waals surface area contributed by atoms with Crippen LogP contribution in [0.4, 0.5) is 5.82 Å². The molecule has 2 fully saturated rings. The summed E-state index contributed by atoms with van der Waals surface area (Å²) in [5, 5.41) is 0.904. The third-order valence-electron chi connectivity index (χ3n) is 7.40. The first-order valence-corrected chi connectivity index (χ1v) is 11.9. The van der Waals surface area contributed by atoms with Gasteiger partial charge in [0.05, 0.1) is 11.8 Å². The van der Waals surface area contributed by atoms with E-state index in [1.54, 1.807) is 6.33 Å². The summed E-state index contributed by atoms with van der Waals surface area (Å²) in [5.74, 6) is 0.172. The Hall–Kier alpha value is -2.97. The molecule has 4 N–H and O–H groups in total. The van der Waals surface area contributed by atoms with Gasteiger partial charge in [-0.3, -0.25) is 9.69 Å². The summed E-state index contributed by atoms with van der Waals surface area (Å²) in [5.41, 5.74) is 15.6. The lowest BCUT2D eigenvalue weighted by Crippen LogP contribution is -2.49. The molecule has 3 aromatic rings. The first-order valence-electron chi connectivity index (χ1n) is 11.9. The molecule has 0 radical (unpaired) electrons. The van der Waals surface area contributed by atoms with Crippen molar-refractivity contribution in [3.63, 3.8) is 0 Å². The van der Waals surface area contributed by atoms with Crippen molar-refractivity contribution in [2.45, 2.75) is 44.2 Å². The molecule has 1 amide bonds. The van der Waals surface area contributed by atoms with E-state index in [1.807, 2.05) is 24.3 Å². The van der Waals surface area contributed by atoms with E-state index in [2.05, 4.69) is 37.6 Å².